The van der Waals surface area contributed by atoms with Gasteiger partial charge in [0.25, 0.3) is 11.8 Å². The predicted molar refractivity (Wildman–Crippen MR) is 83.1 cm³/mol. The Morgan fingerprint density at radius 1 is 1.17 bits per heavy atom. The molecule has 3 rings (SSSR count). The highest BCUT2D eigenvalue weighted by molar-refractivity contribution is 5.95. The summed E-state index contributed by atoms with van der Waals surface area (Å²) in [5, 5.41) is 6.63. The molecule has 0 radical (unpaired) electrons. The van der Waals surface area contributed by atoms with Crippen LogP contribution in [-0.2, 0) is 0 Å². The summed E-state index contributed by atoms with van der Waals surface area (Å²) in [6.07, 6.45) is 0. The number of carbonyl (C=O) groups is 1. The zero-order chi connectivity index (χ0) is 16.2. The molecule has 6 heteroatoms. The van der Waals surface area contributed by atoms with E-state index in [2.05, 4.69) is 15.5 Å². The van der Waals surface area contributed by atoms with Crippen molar-refractivity contribution in [2.45, 2.75) is 6.92 Å². The minimum atomic E-state index is -0.327. The largest absolute Gasteiger partial charge is 0.352 e. The molecular formula is C17H14FN3O2. The lowest BCUT2D eigenvalue weighted by molar-refractivity contribution is 0.0956. The second-order valence-corrected chi connectivity index (χ2v) is 4.87. The zero-order valence-corrected chi connectivity index (χ0v) is 12.4. The van der Waals surface area contributed by atoms with E-state index in [0.29, 0.717) is 35.0 Å². The number of aromatic nitrogens is 2. The Hall–Kier alpha value is -3.02. The number of carbonyl (C=O) groups excluding carboxylic acids is 1. The Balaban J connectivity index is 1.90. The van der Waals surface area contributed by atoms with Crippen LogP contribution in [0.4, 0.5) is 4.39 Å². The van der Waals surface area contributed by atoms with Gasteiger partial charge in [0.1, 0.15) is 5.82 Å². The van der Waals surface area contributed by atoms with Crippen LogP contribution in [0.5, 0.6) is 0 Å². The van der Waals surface area contributed by atoms with Crippen LogP contribution in [0.3, 0.4) is 0 Å². The van der Waals surface area contributed by atoms with Gasteiger partial charge in [-0.2, -0.15) is 4.98 Å². The molecule has 0 spiro atoms. The highest BCUT2D eigenvalue weighted by Crippen LogP contribution is 2.23. The summed E-state index contributed by atoms with van der Waals surface area (Å²) in [6, 6.07) is 12.8. The van der Waals surface area contributed by atoms with E-state index in [9.17, 15) is 9.18 Å². The van der Waals surface area contributed by atoms with Gasteiger partial charge in [-0.05, 0) is 49.4 Å². The lowest BCUT2D eigenvalue weighted by atomic mass is 10.1. The molecule has 23 heavy (non-hydrogen) atoms. The van der Waals surface area contributed by atoms with Crippen LogP contribution in [0.25, 0.3) is 22.8 Å². The third kappa shape index (κ3) is 3.26. The molecule has 0 unspecified atom stereocenters. The molecule has 116 valence electrons. The Morgan fingerprint density at radius 2 is 1.96 bits per heavy atom. The third-order valence-electron chi connectivity index (χ3n) is 3.24. The van der Waals surface area contributed by atoms with E-state index in [1.807, 2.05) is 6.92 Å². The van der Waals surface area contributed by atoms with Crippen LogP contribution in [-0.4, -0.2) is 22.6 Å². The first-order valence-corrected chi connectivity index (χ1v) is 7.15. The highest BCUT2D eigenvalue weighted by atomic mass is 19.1. The minimum Gasteiger partial charge on any atom is -0.352 e. The summed E-state index contributed by atoms with van der Waals surface area (Å²) in [5.41, 5.74) is 1.82. The summed E-state index contributed by atoms with van der Waals surface area (Å²) in [5.74, 6) is 0.179. The van der Waals surface area contributed by atoms with E-state index < -0.39 is 0 Å². The van der Waals surface area contributed by atoms with Gasteiger partial charge in [0, 0.05) is 23.2 Å². The molecule has 0 aliphatic rings. The zero-order valence-electron chi connectivity index (χ0n) is 12.4. The number of amides is 1. The van der Waals surface area contributed by atoms with Crippen molar-refractivity contribution in [3.8, 4) is 22.8 Å². The predicted octanol–water partition coefficient (Wildman–Crippen LogP) is 3.29. The van der Waals surface area contributed by atoms with Gasteiger partial charge < -0.3 is 9.84 Å². The molecular weight excluding hydrogens is 297 g/mol. The second-order valence-electron chi connectivity index (χ2n) is 4.87. The fraction of sp³-hybridized carbons (Fsp3) is 0.118. The Bertz CT molecular complexity index is 828. The average Bonchev–Trinajstić information content (AvgIpc) is 3.06. The van der Waals surface area contributed by atoms with Crippen LogP contribution < -0.4 is 5.32 Å². The average molecular weight is 311 g/mol. The molecule has 1 amide bonds. The van der Waals surface area contributed by atoms with E-state index >= 15 is 0 Å². The minimum absolute atomic E-state index is 0.160. The number of nitrogens with zero attached hydrogens (tertiary/aromatic N) is 2. The molecule has 0 aliphatic heterocycles. The SMILES string of the molecule is CCNC(=O)c1cccc(-c2nc(-c3ccc(F)cc3)no2)c1. The maximum atomic E-state index is 13.0. The van der Waals surface area contributed by atoms with Gasteiger partial charge in [-0.3, -0.25) is 4.79 Å². The van der Waals surface area contributed by atoms with Crippen molar-refractivity contribution >= 4 is 5.91 Å². The lowest BCUT2D eigenvalue weighted by Gasteiger charge is -2.02. The molecule has 0 saturated carbocycles. The highest BCUT2D eigenvalue weighted by Gasteiger charge is 2.12. The standard InChI is InChI=1S/C17H14FN3O2/c1-2-19-16(22)12-4-3-5-13(10-12)17-20-15(21-23-17)11-6-8-14(18)9-7-11/h3-10H,2H2,1H3,(H,19,22). The van der Waals surface area contributed by atoms with Gasteiger partial charge in [0.05, 0.1) is 0 Å². The molecule has 5 nitrogen and oxygen atoms in total. The number of halogens is 1. The maximum absolute atomic E-state index is 13.0. The second kappa shape index (κ2) is 6.39. The Kier molecular flexibility index (Phi) is 4.14. The van der Waals surface area contributed by atoms with Gasteiger partial charge >= 0.3 is 0 Å². The normalized spacial score (nSPS) is 10.5. The first-order chi connectivity index (χ1) is 11.2. The first-order valence-electron chi connectivity index (χ1n) is 7.15. The fourth-order valence-corrected chi connectivity index (χ4v) is 2.11. The lowest BCUT2D eigenvalue weighted by Crippen LogP contribution is -2.22. The van der Waals surface area contributed by atoms with E-state index in [4.69, 9.17) is 4.52 Å². The molecule has 0 saturated heterocycles. The first kappa shape index (κ1) is 14.9. The number of benzene rings is 2. The molecule has 0 bridgehead atoms. The number of hydrogen-bond donors (Lipinski definition) is 1. The molecule has 1 aromatic heterocycles. The maximum Gasteiger partial charge on any atom is 0.258 e. The van der Waals surface area contributed by atoms with Gasteiger partial charge in [0.2, 0.25) is 5.82 Å². The van der Waals surface area contributed by atoms with Crippen molar-refractivity contribution in [1.82, 2.24) is 15.5 Å². The summed E-state index contributed by atoms with van der Waals surface area (Å²) >= 11 is 0. The Morgan fingerprint density at radius 3 is 2.70 bits per heavy atom. The number of rotatable bonds is 4. The fourth-order valence-electron chi connectivity index (χ4n) is 2.11. The van der Waals surface area contributed by atoms with Crippen LogP contribution in [0, 0.1) is 5.82 Å². The van der Waals surface area contributed by atoms with Gasteiger partial charge in [-0.25, -0.2) is 4.39 Å². The van der Waals surface area contributed by atoms with Crippen LogP contribution in [0.2, 0.25) is 0 Å². The van der Waals surface area contributed by atoms with Crippen molar-refractivity contribution in [3.05, 3.63) is 59.9 Å². The monoisotopic (exact) mass is 311 g/mol. The number of nitrogens with one attached hydrogen (secondary N) is 1. The van der Waals surface area contributed by atoms with E-state index in [1.165, 1.54) is 12.1 Å². The van der Waals surface area contributed by atoms with E-state index in [-0.39, 0.29) is 11.7 Å². The van der Waals surface area contributed by atoms with Gasteiger partial charge in [0.15, 0.2) is 0 Å². The summed E-state index contributed by atoms with van der Waals surface area (Å²) in [4.78, 5) is 16.2. The number of hydrogen-bond acceptors (Lipinski definition) is 4. The molecule has 0 aliphatic carbocycles. The molecule has 0 atom stereocenters. The smallest absolute Gasteiger partial charge is 0.258 e. The van der Waals surface area contributed by atoms with Crippen molar-refractivity contribution in [2.75, 3.05) is 6.54 Å². The third-order valence-corrected chi connectivity index (χ3v) is 3.24. The van der Waals surface area contributed by atoms with Crippen molar-refractivity contribution < 1.29 is 13.7 Å². The Labute approximate surface area is 132 Å². The van der Waals surface area contributed by atoms with Crippen LogP contribution >= 0.6 is 0 Å². The quantitative estimate of drug-likeness (QED) is 0.803. The van der Waals surface area contributed by atoms with Gasteiger partial charge in [-0.15, -0.1) is 0 Å². The van der Waals surface area contributed by atoms with Crippen molar-refractivity contribution in [2.24, 2.45) is 0 Å². The van der Waals surface area contributed by atoms with Crippen molar-refractivity contribution in [1.29, 1.82) is 0 Å². The van der Waals surface area contributed by atoms with E-state index in [1.54, 1.807) is 36.4 Å². The van der Waals surface area contributed by atoms with Crippen LogP contribution in [0.1, 0.15) is 17.3 Å². The van der Waals surface area contributed by atoms with E-state index in [0.717, 1.165) is 0 Å². The van der Waals surface area contributed by atoms with Crippen molar-refractivity contribution in [3.63, 3.8) is 0 Å². The molecule has 0 fully saturated rings. The van der Waals surface area contributed by atoms with Crippen LogP contribution in [0.15, 0.2) is 53.1 Å². The molecule has 1 N–H and O–H groups in total. The molecule has 1 heterocycles. The topological polar surface area (TPSA) is 68.0 Å². The molecule has 2 aromatic carbocycles. The van der Waals surface area contributed by atoms with Gasteiger partial charge in [-0.1, -0.05) is 11.2 Å². The summed E-state index contributed by atoms with van der Waals surface area (Å²) in [7, 11) is 0. The summed E-state index contributed by atoms with van der Waals surface area (Å²) < 4.78 is 18.2. The molecule has 3 aromatic rings. The summed E-state index contributed by atoms with van der Waals surface area (Å²) in [6.45, 7) is 2.41.